The number of imidazole rings is 1. The van der Waals surface area contributed by atoms with Crippen LogP contribution >= 0.6 is 0 Å². The highest BCUT2D eigenvalue weighted by Gasteiger charge is 2.13. The van der Waals surface area contributed by atoms with Crippen molar-refractivity contribution < 1.29 is 0 Å². The van der Waals surface area contributed by atoms with E-state index in [1.807, 2.05) is 20.0 Å². The van der Waals surface area contributed by atoms with Crippen molar-refractivity contribution in [1.82, 2.24) is 19.9 Å². The van der Waals surface area contributed by atoms with E-state index in [1.54, 1.807) is 12.4 Å². The highest BCUT2D eigenvalue weighted by molar-refractivity contribution is 5.41. The molecule has 0 aliphatic heterocycles. The molecule has 0 aromatic carbocycles. The molecule has 0 saturated carbocycles. The fourth-order valence-electron chi connectivity index (χ4n) is 1.67. The standard InChI is InChI=1S/C12H17N5/c1-4-10(12-13-5-6-14-12)17-11-9(3)15-7-8(2)16-11/h5-7,10H,4H2,1-3H3,(H,13,14)(H,16,17). The normalized spacial score (nSPS) is 12.4. The molecule has 0 aliphatic rings. The van der Waals surface area contributed by atoms with Crippen molar-refractivity contribution >= 4 is 5.82 Å². The molecule has 0 fully saturated rings. The minimum atomic E-state index is 0.139. The van der Waals surface area contributed by atoms with Gasteiger partial charge in [-0.2, -0.15) is 0 Å². The van der Waals surface area contributed by atoms with Crippen molar-refractivity contribution in [3.05, 3.63) is 35.8 Å². The number of H-pyrrole nitrogens is 1. The van der Waals surface area contributed by atoms with Crippen LogP contribution in [0.2, 0.25) is 0 Å². The maximum Gasteiger partial charge on any atom is 0.148 e. The van der Waals surface area contributed by atoms with Gasteiger partial charge in [0.05, 0.1) is 17.4 Å². The van der Waals surface area contributed by atoms with Gasteiger partial charge >= 0.3 is 0 Å². The van der Waals surface area contributed by atoms with Gasteiger partial charge in [0.15, 0.2) is 0 Å². The molecule has 2 aromatic heterocycles. The Morgan fingerprint density at radius 2 is 2.18 bits per heavy atom. The van der Waals surface area contributed by atoms with Gasteiger partial charge < -0.3 is 10.3 Å². The van der Waals surface area contributed by atoms with Crippen LogP contribution in [0.25, 0.3) is 0 Å². The van der Waals surface area contributed by atoms with E-state index in [0.29, 0.717) is 0 Å². The third kappa shape index (κ3) is 2.61. The summed E-state index contributed by atoms with van der Waals surface area (Å²) in [6.07, 6.45) is 6.29. The Labute approximate surface area is 101 Å². The molecule has 0 saturated heterocycles. The van der Waals surface area contributed by atoms with Crippen LogP contribution < -0.4 is 5.32 Å². The van der Waals surface area contributed by atoms with Gasteiger partial charge in [-0.15, -0.1) is 0 Å². The van der Waals surface area contributed by atoms with Crippen LogP contribution in [0.1, 0.15) is 36.6 Å². The molecular formula is C12H17N5. The molecule has 5 nitrogen and oxygen atoms in total. The van der Waals surface area contributed by atoms with Crippen LogP contribution in [0, 0.1) is 13.8 Å². The summed E-state index contributed by atoms with van der Waals surface area (Å²) < 4.78 is 0. The number of aromatic amines is 1. The average Bonchev–Trinajstić information content (AvgIpc) is 2.84. The molecule has 0 bridgehead atoms. The molecular weight excluding hydrogens is 214 g/mol. The molecule has 2 heterocycles. The van der Waals surface area contributed by atoms with Crippen LogP contribution in [0.5, 0.6) is 0 Å². The zero-order valence-corrected chi connectivity index (χ0v) is 10.4. The molecule has 2 aromatic rings. The lowest BCUT2D eigenvalue weighted by atomic mass is 10.2. The molecule has 0 aliphatic carbocycles. The Balaban J connectivity index is 2.21. The second-order valence-electron chi connectivity index (χ2n) is 4.02. The second-order valence-corrected chi connectivity index (χ2v) is 4.02. The quantitative estimate of drug-likeness (QED) is 0.847. The van der Waals surface area contributed by atoms with Gasteiger partial charge in [0.25, 0.3) is 0 Å². The van der Waals surface area contributed by atoms with Gasteiger partial charge in [0.2, 0.25) is 0 Å². The van der Waals surface area contributed by atoms with E-state index in [9.17, 15) is 0 Å². The molecule has 0 amide bonds. The molecule has 1 atom stereocenters. The Kier molecular flexibility index (Phi) is 3.37. The number of nitrogens with zero attached hydrogens (tertiary/aromatic N) is 3. The fraction of sp³-hybridized carbons (Fsp3) is 0.417. The van der Waals surface area contributed by atoms with Crippen LogP contribution in [0.4, 0.5) is 5.82 Å². The van der Waals surface area contributed by atoms with Gasteiger partial charge in [-0.3, -0.25) is 4.98 Å². The Bertz CT molecular complexity index is 478. The first-order valence-electron chi connectivity index (χ1n) is 5.76. The summed E-state index contributed by atoms with van der Waals surface area (Å²) in [4.78, 5) is 16.1. The van der Waals surface area contributed by atoms with Crippen molar-refractivity contribution in [3.63, 3.8) is 0 Å². The highest BCUT2D eigenvalue weighted by atomic mass is 15.1. The number of rotatable bonds is 4. The number of aromatic nitrogens is 4. The van der Waals surface area contributed by atoms with Crippen molar-refractivity contribution in [1.29, 1.82) is 0 Å². The SMILES string of the molecule is CCC(Nc1nc(C)cnc1C)c1ncc[nH]1. The van der Waals surface area contributed by atoms with E-state index in [2.05, 4.69) is 32.2 Å². The molecule has 5 heteroatoms. The topological polar surface area (TPSA) is 66.5 Å². The minimum absolute atomic E-state index is 0.139. The monoisotopic (exact) mass is 231 g/mol. The lowest BCUT2D eigenvalue weighted by Gasteiger charge is -2.16. The third-order valence-corrected chi connectivity index (χ3v) is 2.64. The van der Waals surface area contributed by atoms with Crippen LogP contribution in [-0.4, -0.2) is 19.9 Å². The zero-order chi connectivity index (χ0) is 12.3. The predicted molar refractivity (Wildman–Crippen MR) is 66.7 cm³/mol. The van der Waals surface area contributed by atoms with Crippen LogP contribution in [0.3, 0.4) is 0 Å². The maximum absolute atomic E-state index is 4.46. The van der Waals surface area contributed by atoms with Crippen LogP contribution in [0.15, 0.2) is 18.6 Å². The first-order valence-corrected chi connectivity index (χ1v) is 5.76. The molecule has 0 spiro atoms. The van der Waals surface area contributed by atoms with Gasteiger partial charge in [-0.25, -0.2) is 9.97 Å². The molecule has 1 unspecified atom stereocenters. The number of hydrogen-bond donors (Lipinski definition) is 2. The van der Waals surface area contributed by atoms with Crippen molar-refractivity contribution in [2.45, 2.75) is 33.2 Å². The van der Waals surface area contributed by atoms with Gasteiger partial charge in [-0.05, 0) is 20.3 Å². The molecule has 2 rings (SSSR count). The summed E-state index contributed by atoms with van der Waals surface area (Å²) >= 11 is 0. The Morgan fingerprint density at radius 3 is 2.82 bits per heavy atom. The molecule has 0 radical (unpaired) electrons. The predicted octanol–water partition coefficient (Wildman–Crippen LogP) is 2.38. The van der Waals surface area contributed by atoms with E-state index in [4.69, 9.17) is 0 Å². The Morgan fingerprint density at radius 1 is 1.35 bits per heavy atom. The average molecular weight is 231 g/mol. The molecule has 17 heavy (non-hydrogen) atoms. The number of hydrogen-bond acceptors (Lipinski definition) is 4. The zero-order valence-electron chi connectivity index (χ0n) is 10.4. The van der Waals surface area contributed by atoms with E-state index in [-0.39, 0.29) is 6.04 Å². The number of nitrogens with one attached hydrogen (secondary N) is 2. The van der Waals surface area contributed by atoms with Gasteiger partial charge in [0.1, 0.15) is 11.6 Å². The first kappa shape index (κ1) is 11.6. The third-order valence-electron chi connectivity index (χ3n) is 2.64. The van der Waals surface area contributed by atoms with E-state index >= 15 is 0 Å². The van der Waals surface area contributed by atoms with Gasteiger partial charge in [-0.1, -0.05) is 6.92 Å². The molecule has 90 valence electrons. The van der Waals surface area contributed by atoms with Crippen LogP contribution in [-0.2, 0) is 0 Å². The van der Waals surface area contributed by atoms with E-state index < -0.39 is 0 Å². The lowest BCUT2D eigenvalue weighted by Crippen LogP contribution is -2.14. The number of aryl methyl sites for hydroxylation is 2. The largest absolute Gasteiger partial charge is 0.359 e. The smallest absolute Gasteiger partial charge is 0.148 e. The summed E-state index contributed by atoms with van der Waals surface area (Å²) in [6.45, 7) is 5.99. The van der Waals surface area contributed by atoms with E-state index in [0.717, 1.165) is 29.5 Å². The summed E-state index contributed by atoms with van der Waals surface area (Å²) in [6, 6.07) is 0.139. The summed E-state index contributed by atoms with van der Waals surface area (Å²) in [5.74, 6) is 1.75. The second kappa shape index (κ2) is 4.95. The van der Waals surface area contributed by atoms with E-state index in [1.165, 1.54) is 0 Å². The van der Waals surface area contributed by atoms with Crippen molar-refractivity contribution in [2.24, 2.45) is 0 Å². The maximum atomic E-state index is 4.46. The van der Waals surface area contributed by atoms with Crippen molar-refractivity contribution in [3.8, 4) is 0 Å². The summed E-state index contributed by atoms with van der Waals surface area (Å²) in [5.41, 5.74) is 1.81. The first-order chi connectivity index (χ1) is 8.20. The molecule has 2 N–H and O–H groups in total. The summed E-state index contributed by atoms with van der Waals surface area (Å²) in [7, 11) is 0. The minimum Gasteiger partial charge on any atom is -0.359 e. The lowest BCUT2D eigenvalue weighted by molar-refractivity contribution is 0.697. The number of anilines is 1. The van der Waals surface area contributed by atoms with Gasteiger partial charge in [0, 0.05) is 18.6 Å². The Hall–Kier alpha value is -1.91. The fourth-order valence-corrected chi connectivity index (χ4v) is 1.67. The van der Waals surface area contributed by atoms with Crippen molar-refractivity contribution in [2.75, 3.05) is 5.32 Å². The summed E-state index contributed by atoms with van der Waals surface area (Å²) in [5, 5.41) is 3.37. The highest BCUT2D eigenvalue weighted by Crippen LogP contribution is 2.19.